The Kier molecular flexibility index (Phi) is 5.27. The van der Waals surface area contributed by atoms with E-state index in [0.29, 0.717) is 17.6 Å². The number of nitrogens with one attached hydrogen (secondary N) is 2. The van der Waals surface area contributed by atoms with Gasteiger partial charge in [0.25, 0.3) is 5.91 Å². The second-order valence-corrected chi connectivity index (χ2v) is 7.89. The maximum Gasteiger partial charge on any atom is 0.252 e. The van der Waals surface area contributed by atoms with E-state index in [9.17, 15) is 4.79 Å². The average Bonchev–Trinajstić information content (AvgIpc) is 3.50. The number of benzene rings is 1. The van der Waals surface area contributed by atoms with Gasteiger partial charge in [-0.15, -0.1) is 0 Å². The highest BCUT2D eigenvalue weighted by Crippen LogP contribution is 2.24. The number of aromatic nitrogens is 1. The molecule has 1 atom stereocenters. The van der Waals surface area contributed by atoms with Gasteiger partial charge in [-0.25, -0.2) is 4.98 Å². The number of carbonyl (C=O) groups is 1. The first-order valence-electron chi connectivity index (χ1n) is 9.97. The summed E-state index contributed by atoms with van der Waals surface area (Å²) in [6, 6.07) is 10.5. The van der Waals surface area contributed by atoms with Crippen molar-refractivity contribution in [3.8, 4) is 0 Å². The quantitative estimate of drug-likeness (QED) is 0.819. The average molecular weight is 367 g/mol. The summed E-state index contributed by atoms with van der Waals surface area (Å²) in [5.74, 6) is 0.780. The van der Waals surface area contributed by atoms with Crippen LogP contribution in [0.5, 0.6) is 0 Å². The predicted molar refractivity (Wildman–Crippen MR) is 109 cm³/mol. The lowest BCUT2D eigenvalue weighted by Crippen LogP contribution is -2.49. The van der Waals surface area contributed by atoms with Gasteiger partial charge in [0, 0.05) is 50.2 Å². The van der Waals surface area contributed by atoms with Crippen LogP contribution in [0, 0.1) is 0 Å². The summed E-state index contributed by atoms with van der Waals surface area (Å²) in [5.41, 5.74) is 1.57. The highest BCUT2D eigenvalue weighted by Gasteiger charge is 2.25. The van der Waals surface area contributed by atoms with Crippen LogP contribution in [0.1, 0.15) is 30.1 Å². The zero-order chi connectivity index (χ0) is 18.8. The molecule has 27 heavy (non-hydrogen) atoms. The molecule has 1 saturated heterocycles. The first-order valence-corrected chi connectivity index (χ1v) is 9.97. The molecule has 1 amide bonds. The van der Waals surface area contributed by atoms with Crippen molar-refractivity contribution in [3.63, 3.8) is 0 Å². The molecule has 0 spiro atoms. The smallest absolute Gasteiger partial charge is 0.252 e. The van der Waals surface area contributed by atoms with Crippen molar-refractivity contribution in [1.29, 1.82) is 0 Å². The van der Waals surface area contributed by atoms with E-state index < -0.39 is 0 Å². The maximum atomic E-state index is 12.7. The zero-order valence-electron chi connectivity index (χ0n) is 16.2. The van der Waals surface area contributed by atoms with Crippen molar-refractivity contribution in [1.82, 2.24) is 20.1 Å². The molecule has 1 saturated carbocycles. The molecular weight excluding hydrogens is 338 g/mol. The number of carbonyl (C=O) groups excluding carboxylic acids is 1. The van der Waals surface area contributed by atoms with Crippen molar-refractivity contribution in [2.24, 2.45) is 0 Å². The van der Waals surface area contributed by atoms with Gasteiger partial charge in [-0.3, -0.25) is 9.69 Å². The molecule has 0 radical (unpaired) electrons. The number of likely N-dealkylation sites (N-methyl/N-ethyl adjacent to an activating group) is 1. The summed E-state index contributed by atoms with van der Waals surface area (Å²) in [6.45, 7) is 7.49. The molecule has 2 fully saturated rings. The Morgan fingerprint density at radius 3 is 2.70 bits per heavy atom. The van der Waals surface area contributed by atoms with E-state index in [2.05, 4.69) is 34.4 Å². The monoisotopic (exact) mass is 367 g/mol. The van der Waals surface area contributed by atoms with Gasteiger partial charge in [-0.2, -0.15) is 0 Å². The van der Waals surface area contributed by atoms with Gasteiger partial charge in [0.05, 0.1) is 11.1 Å². The lowest BCUT2D eigenvalue weighted by atomic mass is 10.1. The summed E-state index contributed by atoms with van der Waals surface area (Å²) >= 11 is 0. The third-order valence-electron chi connectivity index (χ3n) is 5.61. The first-order chi connectivity index (χ1) is 13.1. The number of piperazine rings is 1. The lowest BCUT2D eigenvalue weighted by Gasteiger charge is -2.36. The Bertz CT molecular complexity index is 811. The standard InChI is InChI=1S/C21H29N5O/c1-15(26-11-9-25(2)10-12-26)14-22-20-13-18(21(27)23-16-7-8-16)17-5-3-4-6-19(17)24-20/h3-6,13,15-16H,7-12,14H2,1-2H3,(H,22,24)(H,23,27). The van der Waals surface area contributed by atoms with Gasteiger partial charge in [0.1, 0.15) is 5.82 Å². The molecule has 4 rings (SSSR count). The highest BCUT2D eigenvalue weighted by molar-refractivity contribution is 6.07. The van der Waals surface area contributed by atoms with E-state index in [-0.39, 0.29) is 5.91 Å². The van der Waals surface area contributed by atoms with E-state index in [1.165, 1.54) is 0 Å². The third-order valence-corrected chi connectivity index (χ3v) is 5.61. The van der Waals surface area contributed by atoms with Crippen LogP contribution >= 0.6 is 0 Å². The van der Waals surface area contributed by atoms with Crippen molar-refractivity contribution in [3.05, 3.63) is 35.9 Å². The molecule has 1 aromatic heterocycles. The maximum absolute atomic E-state index is 12.7. The molecule has 1 aliphatic carbocycles. The molecule has 6 heteroatoms. The third kappa shape index (κ3) is 4.39. The number of rotatable bonds is 6. The second kappa shape index (κ2) is 7.82. The topological polar surface area (TPSA) is 60.5 Å². The molecule has 0 bridgehead atoms. The van der Waals surface area contributed by atoms with Crippen LogP contribution in [0.25, 0.3) is 10.9 Å². The van der Waals surface area contributed by atoms with Gasteiger partial charge in [0.15, 0.2) is 0 Å². The van der Waals surface area contributed by atoms with Crippen molar-refractivity contribution >= 4 is 22.6 Å². The Balaban J connectivity index is 1.48. The Morgan fingerprint density at radius 2 is 1.96 bits per heavy atom. The van der Waals surface area contributed by atoms with Gasteiger partial charge in [0.2, 0.25) is 0 Å². The lowest BCUT2D eigenvalue weighted by molar-refractivity contribution is 0.0952. The largest absolute Gasteiger partial charge is 0.368 e. The van der Waals surface area contributed by atoms with E-state index in [1.54, 1.807) is 0 Å². The Morgan fingerprint density at radius 1 is 1.22 bits per heavy atom. The Labute approximate surface area is 160 Å². The first kappa shape index (κ1) is 18.2. The summed E-state index contributed by atoms with van der Waals surface area (Å²) < 4.78 is 0. The molecule has 6 nitrogen and oxygen atoms in total. The fraction of sp³-hybridized carbons (Fsp3) is 0.524. The normalized spacial score (nSPS) is 19.8. The molecule has 1 aliphatic heterocycles. The molecule has 1 aromatic carbocycles. The SMILES string of the molecule is CC(CNc1cc(C(=O)NC2CC2)c2ccccc2n1)N1CCN(C)CC1. The minimum atomic E-state index is 0.00580. The van der Waals surface area contributed by atoms with E-state index in [1.807, 2.05) is 30.3 Å². The summed E-state index contributed by atoms with van der Waals surface area (Å²) in [5, 5.41) is 7.48. The number of fused-ring (bicyclic) bond motifs is 1. The number of hydrogen-bond acceptors (Lipinski definition) is 5. The van der Waals surface area contributed by atoms with E-state index in [4.69, 9.17) is 4.98 Å². The fourth-order valence-corrected chi connectivity index (χ4v) is 3.59. The van der Waals surface area contributed by atoms with Gasteiger partial charge >= 0.3 is 0 Å². The van der Waals surface area contributed by atoms with Gasteiger partial charge in [-0.05, 0) is 38.9 Å². The van der Waals surface area contributed by atoms with Crippen molar-refractivity contribution in [2.75, 3.05) is 45.1 Å². The fourth-order valence-electron chi connectivity index (χ4n) is 3.59. The minimum Gasteiger partial charge on any atom is -0.368 e. The molecule has 2 N–H and O–H groups in total. The number of para-hydroxylation sites is 1. The Hall–Kier alpha value is -2.18. The van der Waals surface area contributed by atoms with Crippen molar-refractivity contribution in [2.45, 2.75) is 31.8 Å². The number of nitrogens with zero attached hydrogens (tertiary/aromatic N) is 3. The molecule has 144 valence electrons. The summed E-state index contributed by atoms with van der Waals surface area (Å²) in [6.07, 6.45) is 2.17. The van der Waals surface area contributed by atoms with Crippen LogP contribution in [-0.4, -0.2) is 72.5 Å². The van der Waals surface area contributed by atoms with Crippen molar-refractivity contribution < 1.29 is 4.79 Å². The number of amides is 1. The van der Waals surface area contributed by atoms with Gasteiger partial charge < -0.3 is 15.5 Å². The zero-order valence-corrected chi connectivity index (χ0v) is 16.2. The van der Waals surface area contributed by atoms with Crippen LogP contribution in [0.3, 0.4) is 0 Å². The molecule has 2 aliphatic rings. The van der Waals surface area contributed by atoms with Crippen LogP contribution in [0.4, 0.5) is 5.82 Å². The van der Waals surface area contributed by atoms with Gasteiger partial charge in [-0.1, -0.05) is 18.2 Å². The van der Waals surface area contributed by atoms with E-state index >= 15 is 0 Å². The molecule has 1 unspecified atom stereocenters. The van der Waals surface area contributed by atoms with Crippen LogP contribution in [-0.2, 0) is 0 Å². The number of pyridine rings is 1. The van der Waals surface area contributed by atoms with Crippen LogP contribution in [0.15, 0.2) is 30.3 Å². The molecular formula is C21H29N5O. The summed E-state index contributed by atoms with van der Waals surface area (Å²) in [4.78, 5) is 22.3. The van der Waals surface area contributed by atoms with E-state index in [0.717, 1.165) is 62.3 Å². The number of anilines is 1. The highest BCUT2D eigenvalue weighted by atomic mass is 16.1. The van der Waals surface area contributed by atoms with Crippen LogP contribution < -0.4 is 10.6 Å². The second-order valence-electron chi connectivity index (χ2n) is 7.89. The molecule has 2 aromatic rings. The molecule has 2 heterocycles. The predicted octanol–water partition coefficient (Wildman–Crippen LogP) is 2.17. The number of hydrogen-bond donors (Lipinski definition) is 2. The van der Waals surface area contributed by atoms with Crippen LogP contribution in [0.2, 0.25) is 0 Å². The summed E-state index contributed by atoms with van der Waals surface area (Å²) in [7, 11) is 2.17. The minimum absolute atomic E-state index is 0.00580.